The van der Waals surface area contributed by atoms with Gasteiger partial charge in [-0.25, -0.2) is 4.79 Å². The summed E-state index contributed by atoms with van der Waals surface area (Å²) in [5.41, 5.74) is 0.803. The van der Waals surface area contributed by atoms with Crippen molar-refractivity contribution in [1.29, 1.82) is 0 Å². The Labute approximate surface area is 215 Å². The summed E-state index contributed by atoms with van der Waals surface area (Å²) < 4.78 is 53.2. The molecule has 2 N–H and O–H groups in total. The van der Waals surface area contributed by atoms with Crippen LogP contribution < -0.4 is 5.32 Å². The average Bonchev–Trinajstić information content (AvgIpc) is 3.08. The monoisotopic (exact) mass is 547 g/mol. The lowest BCUT2D eigenvalue weighted by Crippen LogP contribution is -2.54. The predicted molar refractivity (Wildman–Crippen MR) is 137 cm³/mol. The van der Waals surface area contributed by atoms with Crippen molar-refractivity contribution < 1.29 is 41.1 Å². The maximum atomic E-state index is 12.5. The maximum Gasteiger partial charge on any atom is 0.407 e. The van der Waals surface area contributed by atoms with Gasteiger partial charge in [0, 0.05) is 0 Å². The number of nitrogens with one attached hydrogen (secondary N) is 1. The van der Waals surface area contributed by atoms with Crippen molar-refractivity contribution in [2.75, 3.05) is 19.5 Å². The topological polar surface area (TPSA) is 130 Å². The SMILES string of the molecule is CC1(C)O[C@H]([C@H](CO)NC(=O)OCc2ccccc2)[C@@H]([C@@H](CO[Si](C)(C)C(C)(C)C)OS(C)(=O)=O)O1. The number of carbonyl (C=O) groups is 1. The molecule has 4 atom stereocenters. The molecular weight excluding hydrogens is 506 g/mol. The van der Waals surface area contributed by atoms with E-state index in [0.717, 1.165) is 11.8 Å². The smallest absolute Gasteiger partial charge is 0.407 e. The molecule has 10 nitrogen and oxygen atoms in total. The first-order valence-corrected chi connectivity index (χ1v) is 16.6. The molecular formula is C24H41NO9SSi. The number of hydrogen-bond donors (Lipinski definition) is 2. The zero-order chi connectivity index (χ0) is 27.4. The van der Waals surface area contributed by atoms with E-state index in [1.54, 1.807) is 13.8 Å². The summed E-state index contributed by atoms with van der Waals surface area (Å²) in [6, 6.07) is 8.19. The second-order valence-electron chi connectivity index (χ2n) is 11.0. The van der Waals surface area contributed by atoms with Crippen molar-refractivity contribution in [1.82, 2.24) is 5.32 Å². The van der Waals surface area contributed by atoms with E-state index >= 15 is 0 Å². The highest BCUT2D eigenvalue weighted by molar-refractivity contribution is 7.86. The highest BCUT2D eigenvalue weighted by Crippen LogP contribution is 2.38. The Morgan fingerprint density at radius 3 is 2.28 bits per heavy atom. The number of benzene rings is 1. The number of aliphatic hydroxyl groups is 1. The lowest BCUT2D eigenvalue weighted by atomic mass is 10.0. The summed E-state index contributed by atoms with van der Waals surface area (Å²) in [4.78, 5) is 12.5. The number of aliphatic hydroxyl groups excluding tert-OH is 1. The van der Waals surface area contributed by atoms with Crippen LogP contribution >= 0.6 is 0 Å². The van der Waals surface area contributed by atoms with E-state index in [-0.39, 0.29) is 18.3 Å². The zero-order valence-electron chi connectivity index (χ0n) is 22.4. The van der Waals surface area contributed by atoms with Crippen LogP contribution in [0.4, 0.5) is 4.79 Å². The van der Waals surface area contributed by atoms with Gasteiger partial charge in [-0.2, -0.15) is 8.42 Å². The molecule has 0 radical (unpaired) electrons. The third kappa shape index (κ3) is 9.09. The van der Waals surface area contributed by atoms with Crippen LogP contribution in [-0.2, 0) is 39.5 Å². The summed E-state index contributed by atoms with van der Waals surface area (Å²) in [6.45, 7) is 13.1. The summed E-state index contributed by atoms with van der Waals surface area (Å²) in [7, 11) is -6.16. The molecule has 36 heavy (non-hydrogen) atoms. The van der Waals surface area contributed by atoms with E-state index in [0.29, 0.717) is 0 Å². The largest absolute Gasteiger partial charge is 0.445 e. The van der Waals surface area contributed by atoms with Crippen molar-refractivity contribution in [2.24, 2.45) is 0 Å². The van der Waals surface area contributed by atoms with Crippen LogP contribution in [0.3, 0.4) is 0 Å². The van der Waals surface area contributed by atoms with Gasteiger partial charge in [0.2, 0.25) is 0 Å². The molecule has 206 valence electrons. The van der Waals surface area contributed by atoms with Crippen LogP contribution in [0.5, 0.6) is 0 Å². The molecule has 0 aromatic heterocycles. The van der Waals surface area contributed by atoms with Crippen LogP contribution in [0.1, 0.15) is 40.2 Å². The molecule has 1 heterocycles. The minimum atomic E-state index is -3.89. The molecule has 0 saturated carbocycles. The molecule has 2 rings (SSSR count). The number of alkyl carbamates (subject to hydrolysis) is 1. The predicted octanol–water partition coefficient (Wildman–Crippen LogP) is 3.16. The van der Waals surface area contributed by atoms with E-state index in [1.165, 1.54) is 0 Å². The van der Waals surface area contributed by atoms with E-state index in [4.69, 9.17) is 22.8 Å². The van der Waals surface area contributed by atoms with Crippen LogP contribution in [0, 0.1) is 0 Å². The van der Waals surface area contributed by atoms with E-state index < -0.39 is 61.3 Å². The molecule has 12 heteroatoms. The molecule has 1 amide bonds. The van der Waals surface area contributed by atoms with Gasteiger partial charge in [0.15, 0.2) is 14.1 Å². The molecule has 0 spiro atoms. The molecule has 1 aromatic carbocycles. The first-order chi connectivity index (χ1) is 16.4. The van der Waals surface area contributed by atoms with Gasteiger partial charge in [-0.15, -0.1) is 0 Å². The lowest BCUT2D eigenvalue weighted by molar-refractivity contribution is -0.156. The Balaban J connectivity index is 2.21. The van der Waals surface area contributed by atoms with Crippen molar-refractivity contribution in [2.45, 2.75) is 89.5 Å². The lowest BCUT2D eigenvalue weighted by Gasteiger charge is -2.38. The van der Waals surface area contributed by atoms with Crippen molar-refractivity contribution in [3.8, 4) is 0 Å². The molecule has 1 aliphatic rings. The molecule has 1 aromatic rings. The quantitative estimate of drug-likeness (QED) is 0.317. The van der Waals surface area contributed by atoms with E-state index in [2.05, 4.69) is 26.1 Å². The molecule has 0 bridgehead atoms. The first-order valence-electron chi connectivity index (χ1n) is 11.9. The second kappa shape index (κ2) is 11.9. The minimum Gasteiger partial charge on any atom is -0.445 e. The van der Waals surface area contributed by atoms with Crippen molar-refractivity contribution in [3.63, 3.8) is 0 Å². The Bertz CT molecular complexity index is 964. The first kappa shape index (κ1) is 30.7. The van der Waals surface area contributed by atoms with Gasteiger partial charge in [0.1, 0.15) is 24.9 Å². The van der Waals surface area contributed by atoms with E-state index in [1.807, 2.05) is 43.4 Å². The highest BCUT2D eigenvalue weighted by Gasteiger charge is 2.51. The summed E-state index contributed by atoms with van der Waals surface area (Å²) >= 11 is 0. The number of carbonyl (C=O) groups excluding carboxylic acids is 1. The van der Waals surface area contributed by atoms with Crippen LogP contribution in [0.2, 0.25) is 18.1 Å². The van der Waals surface area contributed by atoms with E-state index in [9.17, 15) is 18.3 Å². The third-order valence-corrected chi connectivity index (χ3v) is 11.4. The molecule has 1 saturated heterocycles. The van der Waals surface area contributed by atoms with Crippen LogP contribution in [0.15, 0.2) is 30.3 Å². The average molecular weight is 548 g/mol. The fraction of sp³-hybridized carbons (Fsp3) is 0.708. The summed E-state index contributed by atoms with van der Waals surface area (Å²) in [5.74, 6) is -1.13. The van der Waals surface area contributed by atoms with Crippen molar-refractivity contribution in [3.05, 3.63) is 35.9 Å². The van der Waals surface area contributed by atoms with Gasteiger partial charge in [0.25, 0.3) is 10.1 Å². The molecule has 1 fully saturated rings. The van der Waals surface area contributed by atoms with Crippen LogP contribution in [0.25, 0.3) is 0 Å². The van der Waals surface area contributed by atoms with Crippen LogP contribution in [-0.4, -0.2) is 77.5 Å². The number of ether oxygens (including phenoxy) is 3. The summed E-state index contributed by atoms with van der Waals surface area (Å²) in [6.07, 6.45) is -2.79. The number of rotatable bonds is 11. The molecule has 0 unspecified atom stereocenters. The minimum absolute atomic E-state index is 0.0436. The Kier molecular flexibility index (Phi) is 10.1. The fourth-order valence-corrected chi connectivity index (χ4v) is 5.10. The van der Waals surface area contributed by atoms with Gasteiger partial charge in [-0.3, -0.25) is 4.18 Å². The zero-order valence-corrected chi connectivity index (χ0v) is 24.3. The van der Waals surface area contributed by atoms with Gasteiger partial charge >= 0.3 is 6.09 Å². The Hall–Kier alpha value is -1.54. The number of amides is 1. The highest BCUT2D eigenvalue weighted by atomic mass is 32.2. The van der Waals surface area contributed by atoms with Gasteiger partial charge in [-0.05, 0) is 37.5 Å². The van der Waals surface area contributed by atoms with Gasteiger partial charge in [-0.1, -0.05) is 51.1 Å². The maximum absolute atomic E-state index is 12.5. The molecule has 1 aliphatic heterocycles. The Morgan fingerprint density at radius 1 is 1.17 bits per heavy atom. The molecule has 0 aliphatic carbocycles. The van der Waals surface area contributed by atoms with Gasteiger partial charge < -0.3 is 29.1 Å². The fourth-order valence-electron chi connectivity index (χ4n) is 3.47. The van der Waals surface area contributed by atoms with Crippen molar-refractivity contribution >= 4 is 24.5 Å². The normalized spacial score (nSPS) is 22.1. The second-order valence-corrected chi connectivity index (χ2v) is 17.4. The number of hydrogen-bond acceptors (Lipinski definition) is 9. The third-order valence-electron chi connectivity index (χ3n) is 6.35. The van der Waals surface area contributed by atoms with Gasteiger partial charge in [0.05, 0.1) is 25.5 Å². The Morgan fingerprint density at radius 2 is 1.75 bits per heavy atom. The standard InChI is InChI=1S/C24H41NO9SSi/c1-23(2,3)36(7,8)31-16-19(34-35(6,28)29)21-20(32-24(4,5)33-21)18(14-26)25-22(27)30-15-17-12-10-9-11-13-17/h9-13,18-21,26H,14-16H2,1-8H3,(H,25,27)/t18-,19+,20+,21+/m0/s1. The summed E-state index contributed by atoms with van der Waals surface area (Å²) in [5, 5.41) is 12.6.